The summed E-state index contributed by atoms with van der Waals surface area (Å²) in [5, 5.41) is 0. The Morgan fingerprint density at radius 2 is 1.92 bits per heavy atom. The van der Waals surface area contributed by atoms with E-state index in [9.17, 15) is 13.0 Å². The summed E-state index contributed by atoms with van der Waals surface area (Å²) in [7, 11) is -9.47. The minimum atomic E-state index is -4.82. The number of hydrogen-bond donors (Lipinski definition) is 3. The molecule has 80 valence electrons. The molecule has 13 heavy (non-hydrogen) atoms. The van der Waals surface area contributed by atoms with E-state index in [1.54, 1.807) is 6.92 Å². The van der Waals surface area contributed by atoms with Gasteiger partial charge in [-0.1, -0.05) is 13.3 Å². The summed E-state index contributed by atoms with van der Waals surface area (Å²) in [5.74, 6) is -1.80. The number of rotatable bonds is 5. The zero-order chi connectivity index (χ0) is 10.7. The van der Waals surface area contributed by atoms with Crippen LogP contribution in [0.3, 0.4) is 0 Å². The van der Waals surface area contributed by atoms with E-state index in [4.69, 9.17) is 14.3 Å². The molecule has 0 fully saturated rings. The largest absolute Gasteiger partial charge is 0.398 e. The molecule has 0 heterocycles. The molecule has 0 spiro atoms. The summed E-state index contributed by atoms with van der Waals surface area (Å²) in [6, 6.07) is 0. The van der Waals surface area contributed by atoms with Crippen molar-refractivity contribution in [3.63, 3.8) is 0 Å². The van der Waals surface area contributed by atoms with Gasteiger partial charge in [-0.25, -0.2) is 4.18 Å². The smallest absolute Gasteiger partial charge is 0.323 e. The maximum Gasteiger partial charge on any atom is 0.398 e. The first-order valence-corrected chi connectivity index (χ1v) is 6.42. The van der Waals surface area contributed by atoms with Crippen LogP contribution < -0.4 is 0 Å². The molecule has 1 atom stereocenters. The lowest BCUT2D eigenvalue weighted by molar-refractivity contribution is 0.194. The van der Waals surface area contributed by atoms with Crippen LogP contribution in [-0.4, -0.2) is 28.6 Å². The molecule has 0 bridgehead atoms. The maximum atomic E-state index is 10.6. The topological polar surface area (TPSA) is 121 Å². The van der Waals surface area contributed by atoms with Crippen LogP contribution in [0.1, 0.15) is 19.8 Å². The molecule has 0 aromatic carbocycles. The first-order valence-electron chi connectivity index (χ1n) is 3.37. The third kappa shape index (κ3) is 6.14. The Kier molecular flexibility index (Phi) is 4.50. The molecule has 0 aromatic heterocycles. The third-order valence-electron chi connectivity index (χ3n) is 1.14. The fraction of sp³-hybridized carbons (Fsp3) is 1.00. The average Bonchev–Trinajstić information content (AvgIpc) is 1.81. The normalized spacial score (nSPS) is 15.7. The van der Waals surface area contributed by atoms with E-state index in [1.807, 2.05) is 0 Å². The van der Waals surface area contributed by atoms with Crippen LogP contribution in [0.2, 0.25) is 0 Å². The molecule has 0 aromatic rings. The summed E-state index contributed by atoms with van der Waals surface area (Å²) in [6.45, 7) is 1.59. The van der Waals surface area contributed by atoms with E-state index in [0.717, 1.165) is 0 Å². The Hall–Kier alpha value is 0.0200. The second-order valence-electron chi connectivity index (χ2n) is 2.36. The Bertz CT molecular complexity index is 290. The molecule has 9 heteroatoms. The van der Waals surface area contributed by atoms with Crippen molar-refractivity contribution >= 4 is 18.0 Å². The molecule has 0 aliphatic carbocycles. The zero-order valence-electron chi connectivity index (χ0n) is 6.82. The maximum absolute atomic E-state index is 10.6. The van der Waals surface area contributed by atoms with Gasteiger partial charge in [-0.3, -0.25) is 9.12 Å². The molecular formula is C4H11O7PS. The molecule has 0 radical (unpaired) electrons. The van der Waals surface area contributed by atoms with Crippen LogP contribution in [0.15, 0.2) is 0 Å². The molecule has 0 rings (SSSR count). The van der Waals surface area contributed by atoms with Crippen molar-refractivity contribution in [2.24, 2.45) is 0 Å². The number of hydrogen-bond acceptors (Lipinski definition) is 4. The molecule has 0 saturated carbocycles. The Labute approximate surface area is 75.8 Å². The van der Waals surface area contributed by atoms with Crippen LogP contribution in [0.4, 0.5) is 0 Å². The van der Waals surface area contributed by atoms with E-state index < -0.39 is 23.8 Å². The van der Waals surface area contributed by atoms with Crippen LogP contribution in [0.25, 0.3) is 0 Å². The van der Waals surface area contributed by atoms with E-state index in [1.165, 1.54) is 0 Å². The lowest BCUT2D eigenvalue weighted by Gasteiger charge is -2.15. The van der Waals surface area contributed by atoms with Crippen molar-refractivity contribution in [2.75, 3.05) is 0 Å². The summed E-state index contributed by atoms with van der Waals surface area (Å²) in [5.41, 5.74) is 0. The lowest BCUT2D eigenvalue weighted by atomic mass is 10.4. The molecule has 0 aliphatic rings. The van der Waals surface area contributed by atoms with Crippen molar-refractivity contribution in [1.29, 1.82) is 0 Å². The molecule has 0 saturated heterocycles. The first-order chi connectivity index (χ1) is 5.67. The highest BCUT2D eigenvalue weighted by atomic mass is 32.3. The second-order valence-corrected chi connectivity index (χ2v) is 5.16. The standard InChI is InChI=1S/C4H11O7PS/c1-2-3-4(12(5,6)7)11-13(8,9)10/h4H,2-3H2,1H3,(H2,5,6,7)(H,8,9,10). The first kappa shape index (κ1) is 13.0. The van der Waals surface area contributed by atoms with Gasteiger partial charge in [-0.05, 0) is 6.42 Å². The van der Waals surface area contributed by atoms with Crippen LogP contribution in [0, 0.1) is 0 Å². The quantitative estimate of drug-likeness (QED) is 0.455. The van der Waals surface area contributed by atoms with Crippen molar-refractivity contribution in [1.82, 2.24) is 0 Å². The SMILES string of the molecule is CCCC(OS(=O)(=O)O)P(=O)(O)O. The van der Waals surface area contributed by atoms with Crippen molar-refractivity contribution in [3.05, 3.63) is 0 Å². The molecule has 0 amide bonds. The van der Waals surface area contributed by atoms with Gasteiger partial charge in [0, 0.05) is 0 Å². The highest BCUT2D eigenvalue weighted by Gasteiger charge is 2.32. The van der Waals surface area contributed by atoms with Crippen LogP contribution >= 0.6 is 7.60 Å². The average molecular weight is 234 g/mol. The lowest BCUT2D eigenvalue weighted by Crippen LogP contribution is -2.17. The molecule has 0 aliphatic heterocycles. The molecule has 1 unspecified atom stereocenters. The summed E-state index contributed by atoms with van der Waals surface area (Å²) < 4.78 is 42.9. The van der Waals surface area contributed by atoms with E-state index in [-0.39, 0.29) is 6.42 Å². The molecular weight excluding hydrogens is 223 g/mol. The highest BCUT2D eigenvalue weighted by Crippen LogP contribution is 2.44. The Morgan fingerprint density at radius 3 is 2.15 bits per heavy atom. The van der Waals surface area contributed by atoms with Gasteiger partial charge in [0.15, 0.2) is 5.85 Å². The Balaban J connectivity index is 4.55. The van der Waals surface area contributed by atoms with Crippen LogP contribution in [-0.2, 0) is 19.1 Å². The van der Waals surface area contributed by atoms with Gasteiger partial charge in [0.2, 0.25) is 0 Å². The summed E-state index contributed by atoms with van der Waals surface area (Å²) in [4.78, 5) is 17.2. The van der Waals surface area contributed by atoms with Gasteiger partial charge >= 0.3 is 18.0 Å². The fourth-order valence-corrected chi connectivity index (χ4v) is 2.41. The van der Waals surface area contributed by atoms with Crippen molar-refractivity contribution < 1.29 is 31.5 Å². The second kappa shape index (κ2) is 4.50. The van der Waals surface area contributed by atoms with Gasteiger partial charge < -0.3 is 9.79 Å². The zero-order valence-corrected chi connectivity index (χ0v) is 8.53. The summed E-state index contributed by atoms with van der Waals surface area (Å²) >= 11 is 0. The predicted octanol–water partition coefficient (Wildman–Crippen LogP) is 0.110. The summed E-state index contributed by atoms with van der Waals surface area (Å²) in [6.07, 6.45) is 0.176. The minimum Gasteiger partial charge on any atom is -0.323 e. The Morgan fingerprint density at radius 1 is 1.46 bits per heavy atom. The van der Waals surface area contributed by atoms with Crippen LogP contribution in [0.5, 0.6) is 0 Å². The van der Waals surface area contributed by atoms with Gasteiger partial charge in [0.1, 0.15) is 0 Å². The minimum absolute atomic E-state index is 0.149. The fourth-order valence-electron chi connectivity index (χ4n) is 0.660. The van der Waals surface area contributed by atoms with Crippen molar-refractivity contribution in [2.45, 2.75) is 25.6 Å². The monoisotopic (exact) mass is 234 g/mol. The van der Waals surface area contributed by atoms with E-state index in [2.05, 4.69) is 4.18 Å². The molecule has 3 N–H and O–H groups in total. The van der Waals surface area contributed by atoms with Gasteiger partial charge in [0.25, 0.3) is 0 Å². The predicted molar refractivity (Wildman–Crippen MR) is 43.4 cm³/mol. The molecule has 7 nitrogen and oxygen atoms in total. The van der Waals surface area contributed by atoms with Crippen molar-refractivity contribution in [3.8, 4) is 0 Å². The van der Waals surface area contributed by atoms with Gasteiger partial charge in [-0.15, -0.1) is 0 Å². The highest BCUT2D eigenvalue weighted by molar-refractivity contribution is 7.81. The third-order valence-corrected chi connectivity index (χ3v) is 2.88. The van der Waals surface area contributed by atoms with Gasteiger partial charge in [0.05, 0.1) is 0 Å². The van der Waals surface area contributed by atoms with E-state index in [0.29, 0.717) is 6.42 Å². The van der Waals surface area contributed by atoms with E-state index >= 15 is 0 Å². The van der Waals surface area contributed by atoms with Gasteiger partial charge in [-0.2, -0.15) is 8.42 Å².